The Morgan fingerprint density at radius 2 is 2.16 bits per heavy atom. The number of anilines is 1. The third-order valence-corrected chi connectivity index (χ3v) is 3.41. The molecule has 0 aliphatic carbocycles. The molecule has 1 heterocycles. The number of aryl methyl sites for hydroxylation is 1. The molecule has 1 N–H and O–H groups in total. The fraction of sp³-hybridized carbons (Fsp3) is 0.357. The summed E-state index contributed by atoms with van der Waals surface area (Å²) in [6.45, 7) is 6.22. The van der Waals surface area contributed by atoms with Crippen LogP contribution in [0.3, 0.4) is 0 Å². The third-order valence-electron chi connectivity index (χ3n) is 2.55. The van der Waals surface area contributed by atoms with Gasteiger partial charge in [0.1, 0.15) is 5.01 Å². The molecule has 2 rings (SSSR count). The van der Waals surface area contributed by atoms with Gasteiger partial charge in [-0.05, 0) is 25.0 Å². The van der Waals surface area contributed by atoms with Crippen LogP contribution in [0, 0.1) is 12.8 Å². The molecule has 0 atom stereocenters. The van der Waals surface area contributed by atoms with E-state index in [1.807, 2.05) is 25.1 Å². The molecule has 2 aromatic rings. The first kappa shape index (κ1) is 13.7. The van der Waals surface area contributed by atoms with Crippen LogP contribution >= 0.6 is 11.3 Å². The summed E-state index contributed by atoms with van der Waals surface area (Å²) in [7, 11) is 0. The van der Waals surface area contributed by atoms with Crippen molar-refractivity contribution in [2.75, 3.05) is 5.32 Å². The predicted molar refractivity (Wildman–Crippen MR) is 77.6 cm³/mol. The van der Waals surface area contributed by atoms with Gasteiger partial charge < -0.3 is 0 Å². The lowest BCUT2D eigenvalue weighted by Gasteiger charge is -2.01. The normalized spacial score (nSPS) is 10.7. The van der Waals surface area contributed by atoms with Gasteiger partial charge in [0.2, 0.25) is 5.13 Å². The van der Waals surface area contributed by atoms with E-state index in [1.165, 1.54) is 11.3 Å². The summed E-state index contributed by atoms with van der Waals surface area (Å²) < 4.78 is 0. The van der Waals surface area contributed by atoms with Gasteiger partial charge in [0.25, 0.3) is 5.91 Å². The summed E-state index contributed by atoms with van der Waals surface area (Å²) in [5, 5.41) is 12.4. The largest absolute Gasteiger partial charge is 0.296 e. The molecule has 0 aliphatic heterocycles. The van der Waals surface area contributed by atoms with Gasteiger partial charge in [0.05, 0.1) is 0 Å². The Balaban J connectivity index is 2.05. The van der Waals surface area contributed by atoms with Crippen molar-refractivity contribution in [3.05, 3.63) is 40.4 Å². The Hall–Kier alpha value is -1.75. The summed E-state index contributed by atoms with van der Waals surface area (Å²) in [6.07, 6.45) is 0.887. The van der Waals surface area contributed by atoms with Crippen molar-refractivity contribution in [3.8, 4) is 0 Å². The summed E-state index contributed by atoms with van der Waals surface area (Å²) >= 11 is 1.43. The SMILES string of the molecule is Cc1cccc(C(=O)Nc2nnc(CC(C)C)s2)c1. The van der Waals surface area contributed by atoms with Crippen molar-refractivity contribution in [1.82, 2.24) is 10.2 Å². The molecule has 0 saturated carbocycles. The van der Waals surface area contributed by atoms with E-state index in [-0.39, 0.29) is 5.91 Å². The Bertz CT molecular complexity index is 578. The summed E-state index contributed by atoms with van der Waals surface area (Å²) in [5.41, 5.74) is 1.70. The van der Waals surface area contributed by atoms with Gasteiger partial charge in [-0.1, -0.05) is 42.9 Å². The molecule has 0 unspecified atom stereocenters. The quantitative estimate of drug-likeness (QED) is 0.931. The van der Waals surface area contributed by atoms with Gasteiger partial charge >= 0.3 is 0 Å². The Morgan fingerprint density at radius 3 is 2.84 bits per heavy atom. The number of nitrogens with one attached hydrogen (secondary N) is 1. The molecule has 1 amide bonds. The minimum Gasteiger partial charge on any atom is -0.296 e. The maximum Gasteiger partial charge on any atom is 0.257 e. The molecular weight excluding hydrogens is 258 g/mol. The van der Waals surface area contributed by atoms with Crippen LogP contribution in [0.4, 0.5) is 5.13 Å². The molecule has 0 saturated heterocycles. The van der Waals surface area contributed by atoms with Gasteiger partial charge in [-0.15, -0.1) is 10.2 Å². The number of hydrogen-bond donors (Lipinski definition) is 1. The molecule has 0 fully saturated rings. The van der Waals surface area contributed by atoms with Crippen LogP contribution in [0.5, 0.6) is 0 Å². The molecule has 100 valence electrons. The number of carbonyl (C=O) groups is 1. The molecule has 19 heavy (non-hydrogen) atoms. The number of amides is 1. The van der Waals surface area contributed by atoms with E-state index in [1.54, 1.807) is 6.07 Å². The number of benzene rings is 1. The highest BCUT2D eigenvalue weighted by Crippen LogP contribution is 2.19. The fourth-order valence-corrected chi connectivity index (χ4v) is 2.64. The average molecular weight is 275 g/mol. The Labute approximate surface area is 116 Å². The van der Waals surface area contributed by atoms with Crippen LogP contribution in [0.2, 0.25) is 0 Å². The van der Waals surface area contributed by atoms with Gasteiger partial charge in [0.15, 0.2) is 0 Å². The summed E-state index contributed by atoms with van der Waals surface area (Å²) in [4.78, 5) is 12.0. The second-order valence-electron chi connectivity index (χ2n) is 4.92. The molecule has 0 bridgehead atoms. The van der Waals surface area contributed by atoms with Gasteiger partial charge in [0, 0.05) is 12.0 Å². The van der Waals surface area contributed by atoms with Crippen LogP contribution < -0.4 is 5.32 Å². The number of rotatable bonds is 4. The average Bonchev–Trinajstić information content (AvgIpc) is 2.75. The zero-order valence-electron chi connectivity index (χ0n) is 11.3. The maximum atomic E-state index is 12.0. The van der Waals surface area contributed by atoms with E-state index in [0.29, 0.717) is 16.6 Å². The molecule has 1 aromatic carbocycles. The third kappa shape index (κ3) is 3.86. The molecule has 0 radical (unpaired) electrons. The van der Waals surface area contributed by atoms with Crippen molar-refractivity contribution in [2.45, 2.75) is 27.2 Å². The lowest BCUT2D eigenvalue weighted by Crippen LogP contribution is -2.11. The van der Waals surface area contributed by atoms with Crippen LogP contribution in [0.1, 0.15) is 34.8 Å². The topological polar surface area (TPSA) is 54.9 Å². The van der Waals surface area contributed by atoms with E-state index in [4.69, 9.17) is 0 Å². The minimum absolute atomic E-state index is 0.143. The zero-order chi connectivity index (χ0) is 13.8. The van der Waals surface area contributed by atoms with Crippen LogP contribution in [-0.2, 0) is 6.42 Å². The first-order valence-electron chi connectivity index (χ1n) is 6.25. The van der Waals surface area contributed by atoms with Gasteiger partial charge in [-0.2, -0.15) is 0 Å². The fourth-order valence-electron chi connectivity index (χ4n) is 1.69. The number of nitrogens with zero attached hydrogens (tertiary/aromatic N) is 2. The molecular formula is C14H17N3OS. The monoisotopic (exact) mass is 275 g/mol. The first-order valence-corrected chi connectivity index (χ1v) is 7.06. The van der Waals surface area contributed by atoms with Gasteiger partial charge in [-0.25, -0.2) is 0 Å². The van der Waals surface area contributed by atoms with E-state index in [2.05, 4.69) is 29.4 Å². The highest BCUT2D eigenvalue weighted by Gasteiger charge is 2.10. The summed E-state index contributed by atoms with van der Waals surface area (Å²) in [5.74, 6) is 0.393. The van der Waals surface area contributed by atoms with Crippen LogP contribution in [0.25, 0.3) is 0 Å². The standard InChI is InChI=1S/C14H17N3OS/c1-9(2)7-12-16-17-14(19-12)15-13(18)11-6-4-5-10(3)8-11/h4-6,8-9H,7H2,1-3H3,(H,15,17,18). The molecule has 4 nitrogen and oxygen atoms in total. The second kappa shape index (κ2) is 5.93. The molecule has 0 aliphatic rings. The first-order chi connectivity index (χ1) is 9.04. The molecule has 5 heteroatoms. The Morgan fingerprint density at radius 1 is 1.37 bits per heavy atom. The van der Waals surface area contributed by atoms with Gasteiger partial charge in [-0.3, -0.25) is 10.1 Å². The Kier molecular flexibility index (Phi) is 4.27. The van der Waals surface area contributed by atoms with E-state index >= 15 is 0 Å². The van der Waals surface area contributed by atoms with E-state index < -0.39 is 0 Å². The van der Waals surface area contributed by atoms with Crippen molar-refractivity contribution in [2.24, 2.45) is 5.92 Å². The minimum atomic E-state index is -0.143. The van der Waals surface area contributed by atoms with Crippen LogP contribution in [-0.4, -0.2) is 16.1 Å². The molecule has 0 spiro atoms. The number of aromatic nitrogens is 2. The van der Waals surface area contributed by atoms with Crippen molar-refractivity contribution < 1.29 is 4.79 Å². The number of carbonyl (C=O) groups excluding carboxylic acids is 1. The van der Waals surface area contributed by atoms with E-state index in [0.717, 1.165) is 17.0 Å². The lowest BCUT2D eigenvalue weighted by molar-refractivity contribution is 0.102. The van der Waals surface area contributed by atoms with E-state index in [9.17, 15) is 4.79 Å². The van der Waals surface area contributed by atoms with Crippen molar-refractivity contribution >= 4 is 22.4 Å². The summed E-state index contributed by atoms with van der Waals surface area (Å²) in [6, 6.07) is 7.47. The second-order valence-corrected chi connectivity index (χ2v) is 5.98. The van der Waals surface area contributed by atoms with Crippen LogP contribution in [0.15, 0.2) is 24.3 Å². The van der Waals surface area contributed by atoms with Crippen molar-refractivity contribution in [1.29, 1.82) is 0 Å². The number of hydrogen-bond acceptors (Lipinski definition) is 4. The van der Waals surface area contributed by atoms with Crippen molar-refractivity contribution in [3.63, 3.8) is 0 Å². The predicted octanol–water partition coefficient (Wildman–Crippen LogP) is 3.30. The highest BCUT2D eigenvalue weighted by molar-refractivity contribution is 7.15. The smallest absolute Gasteiger partial charge is 0.257 e. The lowest BCUT2D eigenvalue weighted by atomic mass is 10.1. The maximum absolute atomic E-state index is 12.0. The zero-order valence-corrected chi connectivity index (χ0v) is 12.1. The molecule has 1 aromatic heterocycles. The highest BCUT2D eigenvalue weighted by atomic mass is 32.1.